The highest BCUT2D eigenvalue weighted by molar-refractivity contribution is 6.33. The predicted octanol–water partition coefficient (Wildman–Crippen LogP) is 4.02. The molecule has 0 aromatic heterocycles. The Kier molecular flexibility index (Phi) is 5.29. The van der Waals surface area contributed by atoms with Crippen LogP contribution < -0.4 is 4.90 Å². The fourth-order valence-corrected chi connectivity index (χ4v) is 2.42. The van der Waals surface area contributed by atoms with Gasteiger partial charge in [0.1, 0.15) is 0 Å². The number of hydrogen-bond acceptors (Lipinski definition) is 2. The lowest BCUT2D eigenvalue weighted by molar-refractivity contribution is 0.199. The van der Waals surface area contributed by atoms with Gasteiger partial charge in [0, 0.05) is 13.1 Å². The zero-order valence-electron chi connectivity index (χ0n) is 11.1. The predicted molar refractivity (Wildman–Crippen MR) is 74.9 cm³/mol. The molecule has 0 saturated heterocycles. The lowest BCUT2D eigenvalue weighted by atomic mass is 10.1. The topological polar surface area (TPSA) is 23.5 Å². The molecule has 0 saturated carbocycles. The van der Waals surface area contributed by atoms with E-state index in [9.17, 15) is 5.11 Å². The van der Waals surface area contributed by atoms with Crippen LogP contribution in [0.1, 0.15) is 45.3 Å². The van der Waals surface area contributed by atoms with Crippen molar-refractivity contribution in [3.05, 3.63) is 28.8 Å². The molecule has 0 bridgehead atoms. The Morgan fingerprint density at radius 1 is 1.29 bits per heavy atom. The summed E-state index contributed by atoms with van der Waals surface area (Å²) in [6.07, 6.45) is 1.73. The number of aliphatic hydroxyl groups is 1. The summed E-state index contributed by atoms with van der Waals surface area (Å²) in [7, 11) is 2.07. The van der Waals surface area contributed by atoms with Crippen molar-refractivity contribution in [1.82, 2.24) is 0 Å². The van der Waals surface area contributed by atoms with E-state index in [1.165, 1.54) is 0 Å². The Bertz CT molecular complexity index is 361. The number of rotatable bonds is 5. The summed E-state index contributed by atoms with van der Waals surface area (Å²) >= 11 is 6.27. The van der Waals surface area contributed by atoms with Gasteiger partial charge in [-0.1, -0.05) is 31.5 Å². The zero-order chi connectivity index (χ0) is 13.0. The molecular formula is C14H22ClNO. The fourth-order valence-electron chi connectivity index (χ4n) is 2.10. The number of hydrogen-bond donors (Lipinski definition) is 1. The summed E-state index contributed by atoms with van der Waals surface area (Å²) in [5.74, 6) is 0. The minimum atomic E-state index is -0.472. The molecule has 0 heterocycles. The molecule has 1 atom stereocenters. The van der Waals surface area contributed by atoms with E-state index >= 15 is 0 Å². The fraction of sp³-hybridized carbons (Fsp3) is 0.571. The third kappa shape index (κ3) is 3.36. The highest BCUT2D eigenvalue weighted by Crippen LogP contribution is 2.30. The van der Waals surface area contributed by atoms with Crippen LogP contribution >= 0.6 is 11.6 Å². The van der Waals surface area contributed by atoms with E-state index in [-0.39, 0.29) is 0 Å². The van der Waals surface area contributed by atoms with Gasteiger partial charge in [0.15, 0.2) is 0 Å². The molecule has 0 amide bonds. The standard InChI is InChI=1S/C14H22ClNO/c1-5-12(6-2)16(4)14-8-7-11(10(3)17)9-13(14)15/h7-10,12,17H,5-6H2,1-4H3. The molecule has 1 unspecified atom stereocenters. The van der Waals surface area contributed by atoms with Crippen LogP contribution in [0, 0.1) is 0 Å². The molecule has 1 aromatic rings. The molecule has 3 heteroatoms. The molecule has 0 fully saturated rings. The summed E-state index contributed by atoms with van der Waals surface area (Å²) in [6.45, 7) is 6.11. The van der Waals surface area contributed by atoms with Crippen LogP contribution in [0.25, 0.3) is 0 Å². The quantitative estimate of drug-likeness (QED) is 0.859. The molecule has 0 spiro atoms. The van der Waals surface area contributed by atoms with Crippen LogP contribution in [0.5, 0.6) is 0 Å². The van der Waals surface area contributed by atoms with Crippen molar-refractivity contribution in [2.45, 2.75) is 45.8 Å². The minimum absolute atomic E-state index is 0.472. The van der Waals surface area contributed by atoms with Gasteiger partial charge in [-0.25, -0.2) is 0 Å². The van der Waals surface area contributed by atoms with Gasteiger partial charge in [-0.05, 0) is 37.5 Å². The van der Waals surface area contributed by atoms with Gasteiger partial charge in [-0.15, -0.1) is 0 Å². The van der Waals surface area contributed by atoms with Crippen molar-refractivity contribution in [1.29, 1.82) is 0 Å². The maximum atomic E-state index is 9.51. The normalized spacial score (nSPS) is 12.9. The van der Waals surface area contributed by atoms with E-state index in [2.05, 4.69) is 25.8 Å². The van der Waals surface area contributed by atoms with Crippen molar-refractivity contribution in [3.8, 4) is 0 Å². The van der Waals surface area contributed by atoms with Gasteiger partial charge in [0.05, 0.1) is 16.8 Å². The molecular weight excluding hydrogens is 234 g/mol. The Balaban J connectivity index is 2.99. The molecule has 17 heavy (non-hydrogen) atoms. The van der Waals surface area contributed by atoms with Crippen molar-refractivity contribution >= 4 is 17.3 Å². The van der Waals surface area contributed by atoms with E-state index in [1.54, 1.807) is 6.92 Å². The first-order valence-electron chi connectivity index (χ1n) is 6.21. The van der Waals surface area contributed by atoms with Crippen LogP contribution in [0.4, 0.5) is 5.69 Å². The second-order valence-electron chi connectivity index (χ2n) is 4.47. The van der Waals surface area contributed by atoms with Gasteiger partial charge in [-0.2, -0.15) is 0 Å². The number of anilines is 1. The van der Waals surface area contributed by atoms with Crippen molar-refractivity contribution in [3.63, 3.8) is 0 Å². The van der Waals surface area contributed by atoms with E-state index in [0.29, 0.717) is 11.1 Å². The third-order valence-electron chi connectivity index (χ3n) is 3.32. The highest BCUT2D eigenvalue weighted by Gasteiger charge is 2.14. The summed E-state index contributed by atoms with van der Waals surface area (Å²) < 4.78 is 0. The molecule has 1 rings (SSSR count). The van der Waals surface area contributed by atoms with E-state index in [1.807, 2.05) is 18.2 Å². The Morgan fingerprint density at radius 3 is 2.29 bits per heavy atom. The molecule has 0 aliphatic rings. The lowest BCUT2D eigenvalue weighted by Crippen LogP contribution is -2.30. The Labute approximate surface area is 109 Å². The summed E-state index contributed by atoms with van der Waals surface area (Å²) in [6, 6.07) is 6.28. The monoisotopic (exact) mass is 255 g/mol. The first-order valence-corrected chi connectivity index (χ1v) is 6.59. The maximum Gasteiger partial charge on any atom is 0.0762 e. The molecule has 1 aromatic carbocycles. The summed E-state index contributed by atoms with van der Waals surface area (Å²) in [4.78, 5) is 2.22. The lowest BCUT2D eigenvalue weighted by Gasteiger charge is -2.29. The SMILES string of the molecule is CCC(CC)N(C)c1ccc(C(C)O)cc1Cl. The number of nitrogens with zero attached hydrogens (tertiary/aromatic N) is 1. The third-order valence-corrected chi connectivity index (χ3v) is 3.63. The summed E-state index contributed by atoms with van der Waals surface area (Å²) in [5.41, 5.74) is 1.89. The molecule has 96 valence electrons. The van der Waals surface area contributed by atoms with E-state index in [4.69, 9.17) is 11.6 Å². The van der Waals surface area contributed by atoms with Crippen LogP contribution in [0.15, 0.2) is 18.2 Å². The first kappa shape index (κ1) is 14.3. The number of benzene rings is 1. The minimum Gasteiger partial charge on any atom is -0.389 e. The molecule has 1 N–H and O–H groups in total. The van der Waals surface area contributed by atoms with Crippen LogP contribution in [0.2, 0.25) is 5.02 Å². The van der Waals surface area contributed by atoms with Crippen molar-refractivity contribution in [2.24, 2.45) is 0 Å². The van der Waals surface area contributed by atoms with Crippen molar-refractivity contribution < 1.29 is 5.11 Å². The largest absolute Gasteiger partial charge is 0.389 e. The maximum absolute atomic E-state index is 9.51. The number of halogens is 1. The number of aliphatic hydroxyl groups excluding tert-OH is 1. The van der Waals surface area contributed by atoms with E-state index < -0.39 is 6.10 Å². The smallest absolute Gasteiger partial charge is 0.0762 e. The van der Waals surface area contributed by atoms with Gasteiger partial charge in [-0.3, -0.25) is 0 Å². The zero-order valence-corrected chi connectivity index (χ0v) is 11.8. The average molecular weight is 256 g/mol. The molecule has 2 nitrogen and oxygen atoms in total. The Morgan fingerprint density at radius 2 is 1.88 bits per heavy atom. The van der Waals surface area contributed by atoms with Crippen LogP contribution in [-0.4, -0.2) is 18.2 Å². The summed E-state index contributed by atoms with van der Waals surface area (Å²) in [5, 5.41) is 10.2. The van der Waals surface area contributed by atoms with Gasteiger partial charge in [0.25, 0.3) is 0 Å². The first-order chi connectivity index (χ1) is 8.01. The highest BCUT2D eigenvalue weighted by atomic mass is 35.5. The van der Waals surface area contributed by atoms with Gasteiger partial charge in [0.2, 0.25) is 0 Å². The Hall–Kier alpha value is -0.730. The van der Waals surface area contributed by atoms with Gasteiger partial charge < -0.3 is 10.0 Å². The van der Waals surface area contributed by atoms with Crippen LogP contribution in [0.3, 0.4) is 0 Å². The molecule has 0 radical (unpaired) electrons. The second kappa shape index (κ2) is 6.27. The van der Waals surface area contributed by atoms with Gasteiger partial charge >= 0.3 is 0 Å². The van der Waals surface area contributed by atoms with E-state index in [0.717, 1.165) is 24.1 Å². The second-order valence-corrected chi connectivity index (χ2v) is 4.88. The molecule has 0 aliphatic heterocycles. The molecule has 0 aliphatic carbocycles. The van der Waals surface area contributed by atoms with Crippen molar-refractivity contribution in [2.75, 3.05) is 11.9 Å². The van der Waals surface area contributed by atoms with Crippen LogP contribution in [-0.2, 0) is 0 Å². The average Bonchev–Trinajstić information content (AvgIpc) is 2.30.